The predicted molar refractivity (Wildman–Crippen MR) is 101 cm³/mol. The average Bonchev–Trinajstić information content (AvgIpc) is 3.12. The van der Waals surface area contributed by atoms with Crippen LogP contribution in [0.15, 0.2) is 27.8 Å². The van der Waals surface area contributed by atoms with Crippen molar-refractivity contribution in [2.45, 2.75) is 32.3 Å². The van der Waals surface area contributed by atoms with Gasteiger partial charge < -0.3 is 20.2 Å². The molecule has 9 heteroatoms. The van der Waals surface area contributed by atoms with Gasteiger partial charge in [-0.2, -0.15) is 0 Å². The van der Waals surface area contributed by atoms with Gasteiger partial charge in [0.2, 0.25) is 10.0 Å². The minimum Gasteiger partial charge on any atom is -0.466 e. The first-order valence-electron chi connectivity index (χ1n) is 8.96. The van der Waals surface area contributed by atoms with Crippen molar-refractivity contribution in [3.05, 3.63) is 24.2 Å². The van der Waals surface area contributed by atoms with Crippen LogP contribution in [0.2, 0.25) is 0 Å². The van der Waals surface area contributed by atoms with E-state index in [1.54, 1.807) is 19.1 Å². The molecule has 0 aliphatic carbocycles. The van der Waals surface area contributed by atoms with Crippen LogP contribution in [0.4, 0.5) is 0 Å². The Hall–Kier alpha value is -1.58. The maximum atomic E-state index is 11.6. The number of sulfonamides is 1. The second-order valence-electron chi connectivity index (χ2n) is 6.93. The molecular formula is C17H30N4O4S. The van der Waals surface area contributed by atoms with Crippen molar-refractivity contribution in [1.29, 1.82) is 0 Å². The number of aliphatic hydroxyl groups is 1. The Kier molecular flexibility index (Phi) is 7.08. The van der Waals surface area contributed by atoms with E-state index >= 15 is 0 Å². The number of hydrogen-bond donors (Lipinski definition) is 3. The normalized spacial score (nSPS) is 19.9. The summed E-state index contributed by atoms with van der Waals surface area (Å²) in [5.41, 5.74) is -1.17. The maximum absolute atomic E-state index is 11.6. The molecule has 26 heavy (non-hydrogen) atoms. The highest BCUT2D eigenvalue weighted by molar-refractivity contribution is 7.88. The van der Waals surface area contributed by atoms with Crippen molar-refractivity contribution < 1.29 is 17.9 Å². The topological polar surface area (TPSA) is 107 Å². The summed E-state index contributed by atoms with van der Waals surface area (Å²) in [6.07, 6.45) is 4.43. The summed E-state index contributed by atoms with van der Waals surface area (Å²) in [6, 6.07) is 3.46. The number of nitrogens with one attached hydrogen (secondary N) is 2. The van der Waals surface area contributed by atoms with E-state index in [1.807, 2.05) is 6.92 Å². The molecule has 0 radical (unpaired) electrons. The molecule has 0 saturated carbocycles. The Bertz CT molecular complexity index is 678. The number of guanidine groups is 1. The third-order valence-electron chi connectivity index (χ3n) is 4.54. The second kappa shape index (κ2) is 8.88. The van der Waals surface area contributed by atoms with Crippen LogP contribution in [0.3, 0.4) is 0 Å². The molecule has 0 amide bonds. The Balaban J connectivity index is 1.86. The van der Waals surface area contributed by atoms with Gasteiger partial charge in [-0.1, -0.05) is 0 Å². The Morgan fingerprint density at radius 1 is 1.42 bits per heavy atom. The number of hydrogen-bond acceptors (Lipinski definition) is 5. The molecule has 148 valence electrons. The van der Waals surface area contributed by atoms with Crippen molar-refractivity contribution in [2.75, 3.05) is 39.0 Å². The predicted octanol–water partition coefficient (Wildman–Crippen LogP) is 0.714. The molecule has 3 N–H and O–H groups in total. The standard InChI is InChI=1S/C17H30N4O4S/c1-4-18-16(20-13-17(2,22)15-6-5-11-25-15)19-12-14-7-9-21(10-8-14)26(3,23)24/h5-6,11,14,22H,4,7-10,12-13H2,1-3H3,(H2,18,19,20). The molecule has 1 fully saturated rings. The van der Waals surface area contributed by atoms with Gasteiger partial charge >= 0.3 is 0 Å². The average molecular weight is 387 g/mol. The molecule has 1 aromatic rings. The highest BCUT2D eigenvalue weighted by atomic mass is 32.2. The van der Waals surface area contributed by atoms with E-state index in [0.29, 0.717) is 43.8 Å². The van der Waals surface area contributed by atoms with Gasteiger partial charge in [-0.05, 0) is 44.7 Å². The van der Waals surface area contributed by atoms with Crippen LogP contribution in [0, 0.1) is 5.92 Å². The lowest BCUT2D eigenvalue weighted by molar-refractivity contribution is 0.0437. The molecular weight excluding hydrogens is 356 g/mol. The largest absolute Gasteiger partial charge is 0.466 e. The number of rotatable bonds is 7. The molecule has 1 aliphatic heterocycles. The molecule has 2 heterocycles. The number of aliphatic imine (C=N–C) groups is 1. The van der Waals surface area contributed by atoms with Crippen LogP contribution >= 0.6 is 0 Å². The maximum Gasteiger partial charge on any atom is 0.211 e. The van der Waals surface area contributed by atoms with E-state index in [4.69, 9.17) is 4.42 Å². The van der Waals surface area contributed by atoms with E-state index in [0.717, 1.165) is 12.8 Å². The highest BCUT2D eigenvalue weighted by Crippen LogP contribution is 2.21. The summed E-state index contributed by atoms with van der Waals surface area (Å²) in [6.45, 7) is 6.36. The van der Waals surface area contributed by atoms with Crippen molar-refractivity contribution in [3.8, 4) is 0 Å². The summed E-state index contributed by atoms with van der Waals surface area (Å²) < 4.78 is 29.9. The Morgan fingerprint density at radius 2 is 2.12 bits per heavy atom. The van der Waals surface area contributed by atoms with E-state index < -0.39 is 15.6 Å². The lowest BCUT2D eigenvalue weighted by atomic mass is 9.98. The van der Waals surface area contributed by atoms with E-state index in [1.165, 1.54) is 16.8 Å². The summed E-state index contributed by atoms with van der Waals surface area (Å²) in [5, 5.41) is 17.0. The van der Waals surface area contributed by atoms with Gasteiger partial charge in [-0.15, -0.1) is 0 Å². The number of furan rings is 1. The van der Waals surface area contributed by atoms with Crippen LogP contribution in [0.5, 0.6) is 0 Å². The first kappa shape index (κ1) is 20.7. The summed E-state index contributed by atoms with van der Waals surface area (Å²) in [5.74, 6) is 1.50. The quantitative estimate of drug-likeness (QED) is 0.471. The van der Waals surface area contributed by atoms with Crippen LogP contribution < -0.4 is 10.6 Å². The fourth-order valence-corrected chi connectivity index (χ4v) is 3.80. The molecule has 1 saturated heterocycles. The van der Waals surface area contributed by atoms with Gasteiger partial charge in [0.1, 0.15) is 11.4 Å². The van der Waals surface area contributed by atoms with Crippen molar-refractivity contribution >= 4 is 16.0 Å². The van der Waals surface area contributed by atoms with Crippen molar-refractivity contribution in [1.82, 2.24) is 14.9 Å². The fraction of sp³-hybridized carbons (Fsp3) is 0.706. The van der Waals surface area contributed by atoms with Crippen molar-refractivity contribution in [2.24, 2.45) is 10.9 Å². The second-order valence-corrected chi connectivity index (χ2v) is 8.92. The van der Waals surface area contributed by atoms with Gasteiger partial charge in [-0.3, -0.25) is 0 Å². The zero-order chi connectivity index (χ0) is 19.2. The highest BCUT2D eigenvalue weighted by Gasteiger charge is 2.27. The van der Waals surface area contributed by atoms with Gasteiger partial charge in [0.05, 0.1) is 19.1 Å². The number of piperidine rings is 1. The third kappa shape index (κ3) is 6.00. The molecule has 0 bridgehead atoms. The molecule has 1 aliphatic rings. The van der Waals surface area contributed by atoms with Gasteiger partial charge in [0.15, 0.2) is 5.96 Å². The first-order chi connectivity index (χ1) is 12.2. The summed E-state index contributed by atoms with van der Waals surface area (Å²) in [4.78, 5) is 4.46. The zero-order valence-electron chi connectivity index (χ0n) is 15.7. The number of nitrogens with zero attached hydrogens (tertiary/aromatic N) is 2. The van der Waals surface area contributed by atoms with Gasteiger partial charge in [-0.25, -0.2) is 17.7 Å². The molecule has 0 spiro atoms. The Morgan fingerprint density at radius 3 is 2.65 bits per heavy atom. The lowest BCUT2D eigenvalue weighted by Crippen LogP contribution is -2.44. The van der Waals surface area contributed by atoms with Crippen LogP contribution in [0.25, 0.3) is 0 Å². The third-order valence-corrected chi connectivity index (χ3v) is 5.85. The van der Waals surface area contributed by atoms with Crippen LogP contribution in [-0.2, 0) is 15.6 Å². The Labute approximate surface area is 155 Å². The minimum atomic E-state index is -3.10. The minimum absolute atomic E-state index is 0.169. The summed E-state index contributed by atoms with van der Waals surface area (Å²) >= 11 is 0. The van der Waals surface area contributed by atoms with E-state index in [9.17, 15) is 13.5 Å². The molecule has 0 aromatic carbocycles. The zero-order valence-corrected chi connectivity index (χ0v) is 16.6. The molecule has 8 nitrogen and oxygen atoms in total. The lowest BCUT2D eigenvalue weighted by Gasteiger charge is -2.30. The first-order valence-corrected chi connectivity index (χ1v) is 10.8. The van der Waals surface area contributed by atoms with E-state index in [2.05, 4.69) is 15.6 Å². The molecule has 2 rings (SSSR count). The smallest absolute Gasteiger partial charge is 0.211 e. The SMILES string of the molecule is CCNC(=NCC(C)(O)c1ccco1)NCC1CCN(S(C)(=O)=O)CC1. The van der Waals surface area contributed by atoms with E-state index in [-0.39, 0.29) is 6.54 Å². The van der Waals surface area contributed by atoms with Gasteiger partial charge in [0, 0.05) is 26.2 Å². The molecule has 1 aromatic heterocycles. The molecule has 1 atom stereocenters. The van der Waals surface area contributed by atoms with Crippen LogP contribution in [-0.4, -0.2) is 62.8 Å². The van der Waals surface area contributed by atoms with Crippen molar-refractivity contribution in [3.63, 3.8) is 0 Å². The monoisotopic (exact) mass is 386 g/mol. The fourth-order valence-electron chi connectivity index (χ4n) is 2.92. The molecule has 1 unspecified atom stereocenters. The van der Waals surface area contributed by atoms with Gasteiger partial charge in [0.25, 0.3) is 0 Å². The summed E-state index contributed by atoms with van der Waals surface area (Å²) in [7, 11) is -3.10. The van der Waals surface area contributed by atoms with Crippen LogP contribution in [0.1, 0.15) is 32.4 Å².